The molecule has 2 aromatic carbocycles. The van der Waals surface area contributed by atoms with Crippen LogP contribution in [0.25, 0.3) is 0 Å². The summed E-state index contributed by atoms with van der Waals surface area (Å²) in [6, 6.07) is 8.50. The Balaban J connectivity index is 1.41. The van der Waals surface area contributed by atoms with E-state index < -0.39 is 85.7 Å². The maximum absolute atomic E-state index is 12.9. The lowest BCUT2D eigenvalue weighted by atomic mass is 9.95. The number of ketones is 1. The van der Waals surface area contributed by atoms with E-state index in [0.29, 0.717) is 5.56 Å². The van der Waals surface area contributed by atoms with Gasteiger partial charge in [-0.1, -0.05) is 12.1 Å². The summed E-state index contributed by atoms with van der Waals surface area (Å²) in [5.74, 6) is -0.947. The summed E-state index contributed by atoms with van der Waals surface area (Å²) in [7, 11) is 0. The van der Waals surface area contributed by atoms with Crippen molar-refractivity contribution in [1.29, 1.82) is 0 Å². The standard InChI is InChI=1S/C27H32O14/c1-10-20(32)22(34)24(36)26(37-10)41-25-23(35)21(33)18(9-28)40-27(25)38-13-6-14(30)19-15(31)8-16(39-17(19)7-13)11-2-4-12(29)5-3-11/h2-7,10,16,18,20-30,32-36H,8-9H2,1H3/t10-,16-,18?,20-,21+,22?,23?,24+,25-,26?,27+/m0/s1. The molecule has 3 aliphatic heterocycles. The van der Waals surface area contributed by atoms with E-state index >= 15 is 0 Å². The number of carbonyl (C=O) groups excluding carboxylic acids is 1. The van der Waals surface area contributed by atoms with Gasteiger partial charge in [-0.25, -0.2) is 0 Å². The van der Waals surface area contributed by atoms with Crippen molar-refractivity contribution in [2.24, 2.45) is 0 Å². The van der Waals surface area contributed by atoms with E-state index in [4.69, 9.17) is 23.7 Å². The molecule has 0 aliphatic carbocycles. The molecular weight excluding hydrogens is 548 g/mol. The number of aromatic hydroxyl groups is 2. The van der Waals surface area contributed by atoms with Gasteiger partial charge in [0.1, 0.15) is 71.3 Å². The molecule has 14 nitrogen and oxygen atoms in total. The van der Waals surface area contributed by atoms with Gasteiger partial charge < -0.3 is 64.5 Å². The number of phenolic OH excluding ortho intramolecular Hbond substituents is 2. The van der Waals surface area contributed by atoms with Crippen molar-refractivity contribution in [1.82, 2.24) is 0 Å². The normalized spacial score (nSPS) is 37.2. The lowest BCUT2D eigenvalue weighted by Gasteiger charge is -2.45. The molecule has 224 valence electrons. The number of aliphatic hydroxyl groups excluding tert-OH is 6. The molecule has 14 heteroatoms. The minimum absolute atomic E-state index is 0.0149. The van der Waals surface area contributed by atoms with Crippen LogP contribution in [-0.2, 0) is 14.2 Å². The number of phenols is 2. The van der Waals surface area contributed by atoms with Crippen molar-refractivity contribution in [2.75, 3.05) is 6.61 Å². The third kappa shape index (κ3) is 5.70. The first-order chi connectivity index (χ1) is 19.5. The Morgan fingerprint density at radius 1 is 0.878 bits per heavy atom. The molecular formula is C27H32O14. The summed E-state index contributed by atoms with van der Waals surface area (Å²) in [4.78, 5) is 12.9. The van der Waals surface area contributed by atoms with Gasteiger partial charge in [-0.3, -0.25) is 4.79 Å². The fourth-order valence-electron chi connectivity index (χ4n) is 5.07. The van der Waals surface area contributed by atoms with Crippen LogP contribution in [0.15, 0.2) is 36.4 Å². The van der Waals surface area contributed by atoms with E-state index in [2.05, 4.69) is 0 Å². The number of Topliss-reactive ketones (excluding diaryl/α,β-unsaturated/α-hetero) is 1. The number of carbonyl (C=O) groups is 1. The lowest BCUT2D eigenvalue weighted by Crippen LogP contribution is -2.64. The zero-order chi connectivity index (χ0) is 29.6. The van der Waals surface area contributed by atoms with Gasteiger partial charge >= 0.3 is 0 Å². The van der Waals surface area contributed by atoms with Crippen molar-refractivity contribution in [3.63, 3.8) is 0 Å². The van der Waals surface area contributed by atoms with E-state index in [1.54, 1.807) is 12.1 Å². The Kier molecular flexibility index (Phi) is 8.39. The molecule has 3 heterocycles. The highest BCUT2D eigenvalue weighted by molar-refractivity contribution is 6.02. The van der Waals surface area contributed by atoms with E-state index in [9.17, 15) is 45.6 Å². The van der Waals surface area contributed by atoms with Gasteiger partial charge in [-0.05, 0) is 24.6 Å². The predicted octanol–water partition coefficient (Wildman–Crippen LogP) is -1.17. The molecule has 0 spiro atoms. The highest BCUT2D eigenvalue weighted by atomic mass is 16.8. The fraction of sp³-hybridized carbons (Fsp3) is 0.519. The number of rotatable bonds is 6. The first kappa shape index (κ1) is 29.4. The third-order valence-electron chi connectivity index (χ3n) is 7.42. The molecule has 2 saturated heterocycles. The molecule has 0 saturated carbocycles. The van der Waals surface area contributed by atoms with E-state index in [1.807, 2.05) is 0 Å². The number of ether oxygens (including phenoxy) is 5. The van der Waals surface area contributed by atoms with Crippen molar-refractivity contribution in [3.05, 3.63) is 47.5 Å². The number of hydrogen-bond acceptors (Lipinski definition) is 14. The van der Waals surface area contributed by atoms with E-state index in [0.717, 1.165) is 6.07 Å². The number of hydrogen-bond donors (Lipinski definition) is 8. The molecule has 0 amide bonds. The number of benzene rings is 2. The van der Waals surface area contributed by atoms with Crippen molar-refractivity contribution in [2.45, 2.75) is 80.9 Å². The molecule has 8 N–H and O–H groups in total. The maximum Gasteiger partial charge on any atom is 0.229 e. The van der Waals surface area contributed by atoms with Crippen LogP contribution in [-0.4, -0.2) is 115 Å². The smallest absolute Gasteiger partial charge is 0.229 e. The van der Waals surface area contributed by atoms with E-state index in [1.165, 1.54) is 25.1 Å². The highest BCUT2D eigenvalue weighted by Gasteiger charge is 2.51. The number of fused-ring (bicyclic) bond motifs is 1. The van der Waals surface area contributed by atoms with Crippen LogP contribution < -0.4 is 9.47 Å². The minimum Gasteiger partial charge on any atom is -0.508 e. The third-order valence-corrected chi connectivity index (χ3v) is 7.42. The van der Waals surface area contributed by atoms with Crippen LogP contribution in [0.1, 0.15) is 35.4 Å². The Morgan fingerprint density at radius 3 is 2.27 bits per heavy atom. The zero-order valence-electron chi connectivity index (χ0n) is 21.8. The second kappa shape index (κ2) is 11.7. The van der Waals surface area contributed by atoms with Crippen LogP contribution >= 0.6 is 0 Å². The van der Waals surface area contributed by atoms with Crippen LogP contribution in [0.4, 0.5) is 0 Å². The van der Waals surface area contributed by atoms with Crippen LogP contribution in [0, 0.1) is 0 Å². The summed E-state index contributed by atoms with van der Waals surface area (Å²) in [6.45, 7) is 0.716. The molecule has 0 aromatic heterocycles. The average molecular weight is 581 g/mol. The summed E-state index contributed by atoms with van der Waals surface area (Å²) in [6.07, 6.45) is -16.0. The Bertz CT molecular complexity index is 1240. The summed E-state index contributed by atoms with van der Waals surface area (Å²) < 4.78 is 28.6. The molecule has 3 aliphatic rings. The Labute approximate surface area is 233 Å². The maximum atomic E-state index is 12.9. The molecule has 5 rings (SSSR count). The first-order valence-corrected chi connectivity index (χ1v) is 13.0. The molecule has 4 unspecified atom stereocenters. The predicted molar refractivity (Wildman–Crippen MR) is 134 cm³/mol. The van der Waals surface area contributed by atoms with Crippen LogP contribution in [0.2, 0.25) is 0 Å². The Hall–Kier alpha value is -3.05. The summed E-state index contributed by atoms with van der Waals surface area (Å²) >= 11 is 0. The molecule has 41 heavy (non-hydrogen) atoms. The Morgan fingerprint density at radius 2 is 1.59 bits per heavy atom. The SMILES string of the molecule is C[C@@H]1OC(O[C@H]2C(O)[C@H](O)C(CO)O[C@H]2Oc2cc(O)c3c(c2)O[C@H](c2ccc(O)cc2)CC3=O)[C@H](O)C(O)[C@H]1O. The quantitative estimate of drug-likeness (QED) is 0.202. The van der Waals surface area contributed by atoms with Gasteiger partial charge in [0.2, 0.25) is 6.29 Å². The van der Waals surface area contributed by atoms with Crippen LogP contribution in [0.5, 0.6) is 23.0 Å². The van der Waals surface area contributed by atoms with Crippen molar-refractivity contribution >= 4 is 5.78 Å². The minimum atomic E-state index is -1.75. The summed E-state index contributed by atoms with van der Waals surface area (Å²) in [5.41, 5.74) is 0.529. The topological polar surface area (TPSA) is 225 Å². The fourth-order valence-corrected chi connectivity index (χ4v) is 5.07. The molecule has 2 aromatic rings. The van der Waals surface area contributed by atoms with Gasteiger partial charge in [0.25, 0.3) is 0 Å². The zero-order valence-corrected chi connectivity index (χ0v) is 21.8. The molecule has 11 atom stereocenters. The lowest BCUT2D eigenvalue weighted by molar-refractivity contribution is -0.354. The summed E-state index contributed by atoms with van der Waals surface area (Å²) in [5, 5.41) is 81.6. The second-order valence-corrected chi connectivity index (χ2v) is 10.2. The van der Waals surface area contributed by atoms with Crippen molar-refractivity contribution in [3.8, 4) is 23.0 Å². The average Bonchev–Trinajstić information content (AvgIpc) is 2.94. The molecule has 0 radical (unpaired) electrons. The van der Waals surface area contributed by atoms with Gasteiger partial charge in [0.05, 0.1) is 19.1 Å². The van der Waals surface area contributed by atoms with E-state index in [-0.39, 0.29) is 29.2 Å². The first-order valence-electron chi connectivity index (χ1n) is 13.0. The monoisotopic (exact) mass is 580 g/mol. The highest BCUT2D eigenvalue weighted by Crippen LogP contribution is 2.43. The largest absolute Gasteiger partial charge is 0.508 e. The molecule has 0 bridgehead atoms. The van der Waals surface area contributed by atoms with Crippen molar-refractivity contribution < 1.29 is 69.3 Å². The van der Waals surface area contributed by atoms with Gasteiger partial charge in [0, 0.05) is 12.1 Å². The van der Waals surface area contributed by atoms with Crippen LogP contribution in [0.3, 0.4) is 0 Å². The van der Waals surface area contributed by atoms with Gasteiger partial charge in [-0.2, -0.15) is 0 Å². The number of aliphatic hydroxyl groups is 6. The molecule has 2 fully saturated rings. The van der Waals surface area contributed by atoms with Gasteiger partial charge in [0.15, 0.2) is 18.2 Å². The second-order valence-electron chi connectivity index (χ2n) is 10.2. The van der Waals surface area contributed by atoms with Gasteiger partial charge in [-0.15, -0.1) is 0 Å².